The number of ether oxygens (including phenoxy) is 2. The standard InChI is InChI=1S/C17H26N2O3S/c1-12-6-7-15(23-12)13(2)18-16(20)19-8-4-5-14(11-19)17(3)21-9-10-22-17/h6-7,13-14H,4-5,8-11H2,1-3H3,(H,18,20)/t13-,14-/m1/s1. The van der Waals surface area contributed by atoms with E-state index in [-0.39, 0.29) is 18.0 Å². The number of likely N-dealkylation sites (tertiary alicyclic amines) is 1. The average Bonchev–Trinajstić information content (AvgIpc) is 3.17. The van der Waals surface area contributed by atoms with Crippen molar-refractivity contribution in [1.29, 1.82) is 0 Å². The molecule has 0 saturated carbocycles. The van der Waals surface area contributed by atoms with Gasteiger partial charge in [0.2, 0.25) is 0 Å². The highest BCUT2D eigenvalue weighted by atomic mass is 32.1. The number of hydrogen-bond donors (Lipinski definition) is 1. The fraction of sp³-hybridized carbons (Fsp3) is 0.706. The molecule has 6 heteroatoms. The van der Waals surface area contributed by atoms with Crippen molar-refractivity contribution in [2.24, 2.45) is 5.92 Å². The number of hydrogen-bond acceptors (Lipinski definition) is 4. The van der Waals surface area contributed by atoms with Crippen molar-refractivity contribution in [3.05, 3.63) is 21.9 Å². The first-order chi connectivity index (χ1) is 11.0. The van der Waals surface area contributed by atoms with E-state index in [2.05, 4.69) is 24.4 Å². The van der Waals surface area contributed by atoms with Crippen LogP contribution in [0.1, 0.15) is 42.5 Å². The minimum Gasteiger partial charge on any atom is -0.347 e. The molecule has 5 nitrogen and oxygen atoms in total. The van der Waals surface area contributed by atoms with Crippen LogP contribution in [-0.2, 0) is 9.47 Å². The first-order valence-electron chi connectivity index (χ1n) is 8.37. The highest BCUT2D eigenvalue weighted by Gasteiger charge is 2.42. The Kier molecular flexibility index (Phi) is 4.94. The largest absolute Gasteiger partial charge is 0.347 e. The van der Waals surface area contributed by atoms with Crippen LogP contribution >= 0.6 is 11.3 Å². The third-order valence-electron chi connectivity index (χ3n) is 4.84. The number of rotatable bonds is 3. The van der Waals surface area contributed by atoms with Crippen LogP contribution in [-0.4, -0.2) is 43.0 Å². The maximum absolute atomic E-state index is 12.6. The van der Waals surface area contributed by atoms with E-state index in [1.165, 1.54) is 9.75 Å². The Labute approximate surface area is 142 Å². The first kappa shape index (κ1) is 16.7. The van der Waals surface area contributed by atoms with Gasteiger partial charge >= 0.3 is 6.03 Å². The van der Waals surface area contributed by atoms with Crippen molar-refractivity contribution < 1.29 is 14.3 Å². The van der Waals surface area contributed by atoms with Gasteiger partial charge < -0.3 is 19.7 Å². The fourth-order valence-electron chi connectivity index (χ4n) is 3.39. The van der Waals surface area contributed by atoms with Gasteiger partial charge in [-0.05, 0) is 45.7 Å². The van der Waals surface area contributed by atoms with Gasteiger partial charge in [-0.3, -0.25) is 0 Å². The number of piperidine rings is 1. The summed E-state index contributed by atoms with van der Waals surface area (Å²) in [6, 6.07) is 4.23. The van der Waals surface area contributed by atoms with Crippen LogP contribution in [0.4, 0.5) is 4.79 Å². The van der Waals surface area contributed by atoms with Crippen LogP contribution in [0.15, 0.2) is 12.1 Å². The predicted molar refractivity (Wildman–Crippen MR) is 90.6 cm³/mol. The van der Waals surface area contributed by atoms with E-state index in [4.69, 9.17) is 9.47 Å². The molecular formula is C17H26N2O3S. The van der Waals surface area contributed by atoms with E-state index in [9.17, 15) is 4.79 Å². The third kappa shape index (κ3) is 3.70. The lowest BCUT2D eigenvalue weighted by Gasteiger charge is -2.40. The van der Waals surface area contributed by atoms with Crippen molar-refractivity contribution in [3.8, 4) is 0 Å². The van der Waals surface area contributed by atoms with E-state index in [1.54, 1.807) is 11.3 Å². The van der Waals surface area contributed by atoms with E-state index >= 15 is 0 Å². The number of carbonyl (C=O) groups excluding carboxylic acids is 1. The maximum Gasteiger partial charge on any atom is 0.317 e. The van der Waals surface area contributed by atoms with Crippen molar-refractivity contribution >= 4 is 17.4 Å². The zero-order valence-electron chi connectivity index (χ0n) is 14.1. The summed E-state index contributed by atoms with van der Waals surface area (Å²) in [6.07, 6.45) is 2.03. The van der Waals surface area contributed by atoms with Crippen molar-refractivity contribution in [3.63, 3.8) is 0 Å². The number of aryl methyl sites for hydroxylation is 1. The lowest BCUT2D eigenvalue weighted by molar-refractivity contribution is -0.189. The maximum atomic E-state index is 12.6. The molecule has 0 radical (unpaired) electrons. The molecule has 2 aliphatic heterocycles. The second-order valence-electron chi connectivity index (χ2n) is 6.62. The lowest BCUT2D eigenvalue weighted by atomic mass is 9.90. The molecule has 0 bridgehead atoms. The zero-order chi connectivity index (χ0) is 16.4. The highest BCUT2D eigenvalue weighted by molar-refractivity contribution is 7.12. The number of thiophene rings is 1. The normalized spacial score (nSPS) is 25.3. The van der Waals surface area contributed by atoms with Crippen LogP contribution in [0.25, 0.3) is 0 Å². The summed E-state index contributed by atoms with van der Waals surface area (Å²) in [5.74, 6) is -0.293. The first-order valence-corrected chi connectivity index (χ1v) is 9.19. The molecule has 1 aromatic heterocycles. The molecule has 23 heavy (non-hydrogen) atoms. The van der Waals surface area contributed by atoms with Crippen LogP contribution in [0.2, 0.25) is 0 Å². The van der Waals surface area contributed by atoms with Crippen LogP contribution in [0, 0.1) is 12.8 Å². The van der Waals surface area contributed by atoms with Gasteiger partial charge in [0.25, 0.3) is 0 Å². The number of urea groups is 1. The summed E-state index contributed by atoms with van der Waals surface area (Å²) >= 11 is 1.73. The third-order valence-corrected chi connectivity index (χ3v) is 6.02. The van der Waals surface area contributed by atoms with Crippen LogP contribution < -0.4 is 5.32 Å². The molecule has 1 N–H and O–H groups in total. The summed E-state index contributed by atoms with van der Waals surface area (Å²) in [7, 11) is 0. The summed E-state index contributed by atoms with van der Waals surface area (Å²) in [5.41, 5.74) is 0. The van der Waals surface area contributed by atoms with Crippen molar-refractivity contribution in [1.82, 2.24) is 10.2 Å². The molecule has 0 unspecified atom stereocenters. The van der Waals surface area contributed by atoms with Gasteiger partial charge in [0, 0.05) is 28.8 Å². The van der Waals surface area contributed by atoms with Gasteiger partial charge in [-0.2, -0.15) is 0 Å². The van der Waals surface area contributed by atoms with Gasteiger partial charge in [-0.15, -0.1) is 11.3 Å². The Hall–Kier alpha value is -1.11. The molecule has 0 aromatic carbocycles. The Balaban J connectivity index is 1.58. The molecule has 128 valence electrons. The molecule has 2 aliphatic rings. The van der Waals surface area contributed by atoms with E-state index in [0.29, 0.717) is 19.8 Å². The molecule has 2 atom stereocenters. The SMILES string of the molecule is Cc1ccc([C@@H](C)NC(=O)N2CCC[C@@H](C3(C)OCCO3)C2)s1. The van der Waals surface area contributed by atoms with Gasteiger partial charge in [0.1, 0.15) is 0 Å². The summed E-state index contributed by atoms with van der Waals surface area (Å²) in [6.45, 7) is 8.91. The quantitative estimate of drug-likeness (QED) is 0.920. The molecule has 2 saturated heterocycles. The Morgan fingerprint density at radius 2 is 2.17 bits per heavy atom. The van der Waals surface area contributed by atoms with E-state index < -0.39 is 5.79 Å². The predicted octanol–water partition coefficient (Wildman–Crippen LogP) is 3.30. The average molecular weight is 338 g/mol. The Morgan fingerprint density at radius 3 is 2.83 bits per heavy atom. The van der Waals surface area contributed by atoms with Crippen LogP contribution in [0.5, 0.6) is 0 Å². The minimum atomic E-state index is -0.532. The molecular weight excluding hydrogens is 312 g/mol. The number of amides is 2. The van der Waals surface area contributed by atoms with Gasteiger partial charge in [0.05, 0.1) is 19.3 Å². The van der Waals surface area contributed by atoms with Gasteiger partial charge in [0.15, 0.2) is 5.79 Å². The molecule has 2 amide bonds. The Morgan fingerprint density at radius 1 is 1.43 bits per heavy atom. The molecule has 2 fully saturated rings. The van der Waals surface area contributed by atoms with Gasteiger partial charge in [-0.25, -0.2) is 4.79 Å². The number of nitrogens with zero attached hydrogens (tertiary/aromatic N) is 1. The fourth-order valence-corrected chi connectivity index (χ4v) is 4.27. The second-order valence-corrected chi connectivity index (χ2v) is 7.94. The van der Waals surface area contributed by atoms with Gasteiger partial charge in [-0.1, -0.05) is 0 Å². The Bertz CT molecular complexity index is 554. The minimum absolute atomic E-state index is 0.00912. The smallest absolute Gasteiger partial charge is 0.317 e. The molecule has 3 heterocycles. The molecule has 0 aliphatic carbocycles. The molecule has 1 aromatic rings. The summed E-state index contributed by atoms with van der Waals surface area (Å²) in [5, 5.41) is 3.12. The summed E-state index contributed by atoms with van der Waals surface area (Å²) in [4.78, 5) is 17.0. The second kappa shape index (κ2) is 6.79. The van der Waals surface area contributed by atoms with Crippen LogP contribution in [0.3, 0.4) is 0 Å². The zero-order valence-corrected chi connectivity index (χ0v) is 14.9. The molecule has 3 rings (SSSR count). The molecule has 0 spiro atoms. The van der Waals surface area contributed by atoms with Crippen molar-refractivity contribution in [2.75, 3.05) is 26.3 Å². The van der Waals surface area contributed by atoms with E-state index in [1.807, 2.05) is 18.7 Å². The lowest BCUT2D eigenvalue weighted by Crippen LogP contribution is -2.51. The number of carbonyl (C=O) groups is 1. The highest BCUT2D eigenvalue weighted by Crippen LogP contribution is 2.34. The summed E-state index contributed by atoms with van der Waals surface area (Å²) < 4.78 is 11.6. The number of nitrogens with one attached hydrogen (secondary N) is 1. The monoisotopic (exact) mass is 338 g/mol. The van der Waals surface area contributed by atoms with Crippen molar-refractivity contribution in [2.45, 2.75) is 45.4 Å². The van der Waals surface area contributed by atoms with E-state index in [0.717, 1.165) is 19.4 Å². The topological polar surface area (TPSA) is 50.8 Å².